The molecule has 9 heteroatoms. The summed E-state index contributed by atoms with van der Waals surface area (Å²) in [5.74, 6) is -0.229. The van der Waals surface area contributed by atoms with E-state index in [-0.39, 0.29) is 24.3 Å². The number of carbonyl (C=O) groups excluding carboxylic acids is 1. The minimum atomic E-state index is -3.19. The fourth-order valence-electron chi connectivity index (χ4n) is 3.99. The maximum absolute atomic E-state index is 12.9. The molecule has 30 heavy (non-hydrogen) atoms. The number of hydrogen-bond donors (Lipinski definition) is 2. The summed E-state index contributed by atoms with van der Waals surface area (Å²) < 4.78 is 30.0. The summed E-state index contributed by atoms with van der Waals surface area (Å²) in [4.78, 5) is 16.3. The third-order valence-electron chi connectivity index (χ3n) is 5.67. The molecular weight excluding hydrogens is 428 g/mol. The molecule has 0 aliphatic carbocycles. The molecule has 0 aromatic heterocycles. The Bertz CT molecular complexity index is 1140. The maximum Gasteiger partial charge on any atom is 0.251 e. The fourth-order valence-corrected chi connectivity index (χ4v) is 5.69. The van der Waals surface area contributed by atoms with Gasteiger partial charge in [0, 0.05) is 29.0 Å². The molecule has 1 spiro atoms. The van der Waals surface area contributed by atoms with Gasteiger partial charge in [0.2, 0.25) is 0 Å². The van der Waals surface area contributed by atoms with E-state index in [1.54, 1.807) is 36.4 Å². The zero-order chi connectivity index (χ0) is 21.5. The number of halogens is 1. The highest BCUT2D eigenvalue weighted by Crippen LogP contribution is 2.46. The van der Waals surface area contributed by atoms with Crippen molar-refractivity contribution in [3.63, 3.8) is 0 Å². The molecule has 0 unspecified atom stereocenters. The van der Waals surface area contributed by atoms with Crippen LogP contribution in [-0.2, 0) is 9.84 Å². The Morgan fingerprint density at radius 3 is 2.63 bits per heavy atom. The normalized spacial score (nSPS) is 23.6. The second kappa shape index (κ2) is 7.58. The summed E-state index contributed by atoms with van der Waals surface area (Å²) in [6.45, 7) is 7.26. The Hall–Kier alpha value is -2.60. The molecule has 0 saturated carbocycles. The molecule has 2 aliphatic heterocycles. The Balaban J connectivity index is 1.73. The SMILES string of the molecule is [C-]#[N+]c1ccc2c(c1)[C@@H](NC(=O)c1cccc(Cl)c1)[C@H](O)C1(CCS(=O)(=O)CC1)O2. The van der Waals surface area contributed by atoms with E-state index in [2.05, 4.69) is 10.2 Å². The van der Waals surface area contributed by atoms with Crippen LogP contribution in [0, 0.1) is 6.57 Å². The molecular formula is C21H19ClN2O5S. The predicted molar refractivity (Wildman–Crippen MR) is 112 cm³/mol. The van der Waals surface area contributed by atoms with Gasteiger partial charge in [-0.2, -0.15) is 0 Å². The fraction of sp³-hybridized carbons (Fsp3) is 0.333. The Morgan fingerprint density at radius 2 is 1.97 bits per heavy atom. The third kappa shape index (κ3) is 3.76. The number of ether oxygens (including phenoxy) is 1. The maximum atomic E-state index is 12.9. The van der Waals surface area contributed by atoms with Crippen LogP contribution in [-0.4, -0.2) is 42.6 Å². The van der Waals surface area contributed by atoms with Crippen LogP contribution < -0.4 is 10.1 Å². The predicted octanol–water partition coefficient (Wildman–Crippen LogP) is 3.06. The molecule has 1 amide bonds. The molecule has 1 saturated heterocycles. The van der Waals surface area contributed by atoms with Crippen molar-refractivity contribution in [2.24, 2.45) is 0 Å². The largest absolute Gasteiger partial charge is 0.484 e. The van der Waals surface area contributed by atoms with Gasteiger partial charge in [0.05, 0.1) is 24.1 Å². The second-order valence-corrected chi connectivity index (χ2v) is 10.3. The van der Waals surface area contributed by atoms with Gasteiger partial charge in [0.25, 0.3) is 5.91 Å². The lowest BCUT2D eigenvalue weighted by atomic mass is 9.80. The lowest BCUT2D eigenvalue weighted by Crippen LogP contribution is -2.59. The zero-order valence-corrected chi connectivity index (χ0v) is 17.4. The summed E-state index contributed by atoms with van der Waals surface area (Å²) in [5, 5.41) is 14.5. The summed E-state index contributed by atoms with van der Waals surface area (Å²) in [5.41, 5.74) is 0.00744. The lowest BCUT2D eigenvalue weighted by Gasteiger charge is -2.48. The van der Waals surface area contributed by atoms with Crippen molar-refractivity contribution in [3.8, 4) is 5.75 Å². The molecule has 2 heterocycles. The minimum Gasteiger partial charge on any atom is -0.484 e. The first kappa shape index (κ1) is 20.7. The van der Waals surface area contributed by atoms with Gasteiger partial charge in [-0.3, -0.25) is 4.79 Å². The van der Waals surface area contributed by atoms with E-state index in [0.29, 0.717) is 27.6 Å². The van der Waals surface area contributed by atoms with Crippen LogP contribution in [0.2, 0.25) is 5.02 Å². The number of amides is 1. The van der Waals surface area contributed by atoms with E-state index in [1.165, 1.54) is 6.07 Å². The first-order chi connectivity index (χ1) is 14.2. The number of aliphatic hydroxyl groups is 1. The summed E-state index contributed by atoms with van der Waals surface area (Å²) in [6, 6.07) is 10.3. The van der Waals surface area contributed by atoms with Gasteiger partial charge in [0.1, 0.15) is 17.5 Å². The van der Waals surface area contributed by atoms with Crippen molar-refractivity contribution in [2.45, 2.75) is 30.6 Å². The Morgan fingerprint density at radius 1 is 1.23 bits per heavy atom. The Kier molecular flexibility index (Phi) is 5.22. The van der Waals surface area contributed by atoms with E-state index in [4.69, 9.17) is 22.9 Å². The van der Waals surface area contributed by atoms with Crippen LogP contribution in [0.1, 0.15) is 34.8 Å². The minimum absolute atomic E-state index is 0.103. The molecule has 2 aromatic carbocycles. The third-order valence-corrected chi connectivity index (χ3v) is 7.56. The first-order valence-electron chi connectivity index (χ1n) is 9.38. The number of rotatable bonds is 2. The van der Waals surface area contributed by atoms with Crippen molar-refractivity contribution >= 4 is 33.0 Å². The van der Waals surface area contributed by atoms with E-state index >= 15 is 0 Å². The summed E-state index contributed by atoms with van der Waals surface area (Å²) in [7, 11) is -3.19. The van der Waals surface area contributed by atoms with Crippen molar-refractivity contribution in [2.75, 3.05) is 11.5 Å². The molecule has 4 rings (SSSR count). The van der Waals surface area contributed by atoms with Gasteiger partial charge < -0.3 is 15.2 Å². The van der Waals surface area contributed by atoms with E-state index in [0.717, 1.165) is 0 Å². The van der Waals surface area contributed by atoms with Gasteiger partial charge in [-0.25, -0.2) is 13.3 Å². The van der Waals surface area contributed by atoms with Gasteiger partial charge >= 0.3 is 0 Å². The van der Waals surface area contributed by atoms with Crippen molar-refractivity contribution in [1.29, 1.82) is 0 Å². The van der Waals surface area contributed by atoms with Crippen LogP contribution in [0.5, 0.6) is 5.75 Å². The van der Waals surface area contributed by atoms with E-state index in [1.807, 2.05) is 0 Å². The standard InChI is InChI=1S/C21H19ClN2O5S/c1-23-15-5-6-17-16(12-15)18(24-20(26)13-3-2-4-14(22)11-13)19(25)21(29-17)7-9-30(27,28)10-8-21/h2-6,11-12,18-19,25H,7-10H2,(H,24,26)/t18-,19+/m1/s1. The van der Waals surface area contributed by atoms with Crippen LogP contribution >= 0.6 is 11.6 Å². The van der Waals surface area contributed by atoms with Crippen molar-refractivity contribution < 1.29 is 23.1 Å². The number of fused-ring (bicyclic) bond motifs is 1. The highest BCUT2D eigenvalue weighted by Gasteiger charge is 2.52. The molecule has 2 atom stereocenters. The lowest BCUT2D eigenvalue weighted by molar-refractivity contribution is -0.0913. The van der Waals surface area contributed by atoms with E-state index < -0.39 is 33.5 Å². The number of nitrogens with zero attached hydrogens (tertiary/aromatic N) is 1. The number of benzene rings is 2. The Labute approximate surface area is 179 Å². The van der Waals surface area contributed by atoms with Gasteiger partial charge in [-0.1, -0.05) is 23.7 Å². The number of sulfone groups is 1. The van der Waals surface area contributed by atoms with Crippen LogP contribution in [0.3, 0.4) is 0 Å². The van der Waals surface area contributed by atoms with Gasteiger partial charge in [-0.05, 0) is 30.3 Å². The molecule has 1 fully saturated rings. The quantitative estimate of drug-likeness (QED) is 0.691. The van der Waals surface area contributed by atoms with Gasteiger partial charge in [-0.15, -0.1) is 0 Å². The topological polar surface area (TPSA) is 97.1 Å². The van der Waals surface area contributed by atoms with E-state index in [9.17, 15) is 18.3 Å². The summed E-state index contributed by atoms with van der Waals surface area (Å²) >= 11 is 5.98. The molecule has 0 radical (unpaired) electrons. The van der Waals surface area contributed by atoms with Crippen molar-refractivity contribution in [3.05, 3.63) is 70.0 Å². The highest BCUT2D eigenvalue weighted by atomic mass is 35.5. The highest BCUT2D eigenvalue weighted by molar-refractivity contribution is 7.91. The zero-order valence-electron chi connectivity index (χ0n) is 15.8. The summed E-state index contributed by atoms with van der Waals surface area (Å²) in [6.07, 6.45) is -0.960. The average Bonchev–Trinajstić information content (AvgIpc) is 2.73. The first-order valence-corrected chi connectivity index (χ1v) is 11.6. The van der Waals surface area contributed by atoms with Crippen LogP contribution in [0.4, 0.5) is 5.69 Å². The monoisotopic (exact) mass is 446 g/mol. The molecule has 156 valence electrons. The number of nitrogens with one attached hydrogen (secondary N) is 1. The van der Waals surface area contributed by atoms with Crippen LogP contribution in [0.25, 0.3) is 4.85 Å². The second-order valence-electron chi connectivity index (χ2n) is 7.56. The number of carbonyl (C=O) groups is 1. The van der Waals surface area contributed by atoms with Crippen LogP contribution in [0.15, 0.2) is 42.5 Å². The van der Waals surface area contributed by atoms with Crippen molar-refractivity contribution in [1.82, 2.24) is 5.32 Å². The van der Waals surface area contributed by atoms with Gasteiger partial charge in [0.15, 0.2) is 15.5 Å². The molecule has 7 nitrogen and oxygen atoms in total. The molecule has 2 aliphatic rings. The molecule has 0 bridgehead atoms. The number of aliphatic hydroxyl groups excluding tert-OH is 1. The number of hydrogen-bond acceptors (Lipinski definition) is 5. The smallest absolute Gasteiger partial charge is 0.251 e. The molecule has 2 aromatic rings. The average molecular weight is 447 g/mol. The molecule has 2 N–H and O–H groups in total.